The molecule has 2 aromatic heterocycles. The van der Waals surface area contributed by atoms with Crippen molar-refractivity contribution in [2.45, 2.75) is 13.3 Å². The molecule has 0 spiro atoms. The highest BCUT2D eigenvalue weighted by Gasteiger charge is 2.09. The van der Waals surface area contributed by atoms with Gasteiger partial charge in [-0.25, -0.2) is 4.98 Å². The molecule has 0 aliphatic rings. The predicted molar refractivity (Wildman–Crippen MR) is 83.7 cm³/mol. The van der Waals surface area contributed by atoms with Gasteiger partial charge in [0.05, 0.1) is 12.1 Å². The third-order valence-corrected chi connectivity index (χ3v) is 3.41. The second-order valence-corrected chi connectivity index (χ2v) is 5.33. The third kappa shape index (κ3) is 3.06. The van der Waals surface area contributed by atoms with Crippen LogP contribution in [0.2, 0.25) is 5.02 Å². The number of aryl methyl sites for hydroxylation is 1. The van der Waals surface area contributed by atoms with Crippen molar-refractivity contribution in [3.8, 4) is 0 Å². The Bertz CT molecular complexity index is 810. The zero-order chi connectivity index (χ0) is 14.8. The predicted octanol–water partition coefficient (Wildman–Crippen LogP) is 3.48. The van der Waals surface area contributed by atoms with Crippen LogP contribution in [0.3, 0.4) is 0 Å². The molecule has 21 heavy (non-hydrogen) atoms. The Labute approximate surface area is 127 Å². The van der Waals surface area contributed by atoms with E-state index in [1.165, 1.54) is 0 Å². The Morgan fingerprint density at radius 1 is 1.33 bits per heavy atom. The minimum Gasteiger partial charge on any atom is -0.326 e. The summed E-state index contributed by atoms with van der Waals surface area (Å²) in [6.07, 6.45) is 4.03. The summed E-state index contributed by atoms with van der Waals surface area (Å²) in [6, 6.07) is 11.0. The van der Waals surface area contributed by atoms with Crippen LogP contribution >= 0.6 is 11.6 Å². The summed E-state index contributed by atoms with van der Waals surface area (Å²) in [6.45, 7) is 2.00. The van der Waals surface area contributed by atoms with Crippen molar-refractivity contribution in [1.29, 1.82) is 0 Å². The number of carbonyl (C=O) groups is 1. The molecule has 106 valence electrons. The normalized spacial score (nSPS) is 10.8. The summed E-state index contributed by atoms with van der Waals surface area (Å²) >= 11 is 5.89. The molecule has 3 aromatic rings. The maximum absolute atomic E-state index is 12.1. The molecule has 0 fully saturated rings. The van der Waals surface area contributed by atoms with Gasteiger partial charge >= 0.3 is 0 Å². The second kappa shape index (κ2) is 5.58. The largest absolute Gasteiger partial charge is 0.326 e. The van der Waals surface area contributed by atoms with Crippen LogP contribution < -0.4 is 5.32 Å². The smallest absolute Gasteiger partial charge is 0.230 e. The zero-order valence-electron chi connectivity index (χ0n) is 11.5. The Morgan fingerprint density at radius 2 is 2.19 bits per heavy atom. The number of nitrogens with one attached hydrogen (secondary N) is 1. The van der Waals surface area contributed by atoms with Crippen molar-refractivity contribution in [2.24, 2.45) is 0 Å². The van der Waals surface area contributed by atoms with Crippen molar-refractivity contribution in [2.75, 3.05) is 5.32 Å². The number of anilines is 1. The lowest BCUT2D eigenvalue weighted by atomic mass is 10.3. The van der Waals surface area contributed by atoms with E-state index >= 15 is 0 Å². The highest BCUT2D eigenvalue weighted by Crippen LogP contribution is 2.15. The maximum Gasteiger partial charge on any atom is 0.230 e. The third-order valence-electron chi connectivity index (χ3n) is 3.18. The minimum atomic E-state index is -0.113. The number of hydrogen-bond acceptors (Lipinski definition) is 2. The molecule has 0 aliphatic carbocycles. The lowest BCUT2D eigenvalue weighted by Crippen LogP contribution is -2.14. The van der Waals surface area contributed by atoms with Gasteiger partial charge < -0.3 is 9.72 Å². The van der Waals surface area contributed by atoms with Crippen molar-refractivity contribution in [3.63, 3.8) is 0 Å². The van der Waals surface area contributed by atoms with E-state index in [1.54, 1.807) is 24.3 Å². The Kier molecular flexibility index (Phi) is 3.62. The number of aromatic nitrogens is 2. The summed E-state index contributed by atoms with van der Waals surface area (Å²) in [5.74, 6) is -0.113. The number of amides is 1. The van der Waals surface area contributed by atoms with E-state index in [2.05, 4.69) is 10.3 Å². The SMILES string of the molecule is Cc1cccn2cc(CC(=O)Nc3cccc(Cl)c3)nc12. The molecule has 0 atom stereocenters. The van der Waals surface area contributed by atoms with E-state index in [0.717, 1.165) is 16.9 Å². The Hall–Kier alpha value is -2.33. The van der Waals surface area contributed by atoms with E-state index in [0.29, 0.717) is 10.7 Å². The first-order chi connectivity index (χ1) is 10.1. The number of fused-ring (bicyclic) bond motifs is 1. The first-order valence-electron chi connectivity index (χ1n) is 6.60. The van der Waals surface area contributed by atoms with Gasteiger partial charge in [0.25, 0.3) is 0 Å². The van der Waals surface area contributed by atoms with Gasteiger partial charge in [-0.1, -0.05) is 23.7 Å². The van der Waals surface area contributed by atoms with E-state index in [9.17, 15) is 4.79 Å². The zero-order valence-corrected chi connectivity index (χ0v) is 12.3. The van der Waals surface area contributed by atoms with Gasteiger partial charge in [0.2, 0.25) is 5.91 Å². The number of pyridine rings is 1. The van der Waals surface area contributed by atoms with Gasteiger partial charge in [-0.2, -0.15) is 0 Å². The average molecular weight is 300 g/mol. The second-order valence-electron chi connectivity index (χ2n) is 4.89. The summed E-state index contributed by atoms with van der Waals surface area (Å²) in [5.41, 5.74) is 3.39. The number of benzene rings is 1. The molecule has 0 saturated carbocycles. The van der Waals surface area contributed by atoms with Crippen molar-refractivity contribution in [1.82, 2.24) is 9.38 Å². The van der Waals surface area contributed by atoms with Crippen LogP contribution in [-0.4, -0.2) is 15.3 Å². The van der Waals surface area contributed by atoms with Gasteiger partial charge in [0, 0.05) is 23.1 Å². The average Bonchev–Trinajstić information content (AvgIpc) is 2.82. The van der Waals surface area contributed by atoms with Gasteiger partial charge in [-0.15, -0.1) is 0 Å². The highest BCUT2D eigenvalue weighted by molar-refractivity contribution is 6.30. The molecule has 0 unspecified atom stereocenters. The van der Waals surface area contributed by atoms with Gasteiger partial charge in [-0.05, 0) is 36.8 Å². The number of halogens is 1. The highest BCUT2D eigenvalue weighted by atomic mass is 35.5. The molecule has 0 radical (unpaired) electrons. The molecular formula is C16H14ClN3O. The van der Waals surface area contributed by atoms with E-state index < -0.39 is 0 Å². The summed E-state index contributed by atoms with van der Waals surface area (Å²) in [7, 11) is 0. The number of imidazole rings is 1. The van der Waals surface area contributed by atoms with Crippen LogP contribution in [0, 0.1) is 6.92 Å². The van der Waals surface area contributed by atoms with Gasteiger partial charge in [-0.3, -0.25) is 4.79 Å². The molecule has 2 heterocycles. The topological polar surface area (TPSA) is 46.4 Å². The Balaban J connectivity index is 1.75. The molecule has 0 aliphatic heterocycles. The number of hydrogen-bond donors (Lipinski definition) is 1. The standard InChI is InChI=1S/C16H14ClN3O/c1-11-4-3-7-20-10-14(19-16(11)20)9-15(21)18-13-6-2-5-12(17)8-13/h2-8,10H,9H2,1H3,(H,18,21). The van der Waals surface area contributed by atoms with Gasteiger partial charge in [0.1, 0.15) is 5.65 Å². The van der Waals surface area contributed by atoms with Crippen molar-refractivity contribution >= 4 is 28.8 Å². The van der Waals surface area contributed by atoms with Crippen LogP contribution in [0.1, 0.15) is 11.3 Å². The number of rotatable bonds is 3. The fourth-order valence-electron chi connectivity index (χ4n) is 2.23. The molecular weight excluding hydrogens is 286 g/mol. The summed E-state index contributed by atoms with van der Waals surface area (Å²) in [4.78, 5) is 16.5. The quantitative estimate of drug-likeness (QED) is 0.805. The molecule has 5 heteroatoms. The van der Waals surface area contributed by atoms with Crippen LogP contribution in [0.4, 0.5) is 5.69 Å². The Morgan fingerprint density at radius 3 is 2.95 bits per heavy atom. The van der Waals surface area contributed by atoms with E-state index in [4.69, 9.17) is 11.6 Å². The van der Waals surface area contributed by atoms with E-state index in [1.807, 2.05) is 35.9 Å². The molecule has 1 N–H and O–H groups in total. The summed E-state index contributed by atoms with van der Waals surface area (Å²) < 4.78 is 1.93. The van der Waals surface area contributed by atoms with Crippen molar-refractivity contribution in [3.05, 3.63) is 65.1 Å². The molecule has 1 amide bonds. The molecule has 3 rings (SSSR count). The molecule has 0 bridgehead atoms. The lowest BCUT2D eigenvalue weighted by molar-refractivity contribution is -0.115. The maximum atomic E-state index is 12.1. The molecule has 0 saturated heterocycles. The number of nitrogens with zero attached hydrogens (tertiary/aromatic N) is 2. The van der Waals surface area contributed by atoms with Crippen LogP contribution in [-0.2, 0) is 11.2 Å². The van der Waals surface area contributed by atoms with Crippen LogP contribution in [0.5, 0.6) is 0 Å². The fraction of sp³-hybridized carbons (Fsp3) is 0.125. The summed E-state index contributed by atoms with van der Waals surface area (Å²) in [5, 5.41) is 3.41. The minimum absolute atomic E-state index is 0.113. The van der Waals surface area contributed by atoms with E-state index in [-0.39, 0.29) is 12.3 Å². The fourth-order valence-corrected chi connectivity index (χ4v) is 2.42. The van der Waals surface area contributed by atoms with Crippen LogP contribution in [0.25, 0.3) is 5.65 Å². The van der Waals surface area contributed by atoms with Gasteiger partial charge in [0.15, 0.2) is 0 Å². The van der Waals surface area contributed by atoms with Crippen molar-refractivity contribution < 1.29 is 4.79 Å². The first-order valence-corrected chi connectivity index (χ1v) is 6.98. The lowest BCUT2D eigenvalue weighted by Gasteiger charge is -2.03. The molecule has 4 nitrogen and oxygen atoms in total. The first kappa shape index (κ1) is 13.6. The number of carbonyl (C=O) groups excluding carboxylic acids is 1. The monoisotopic (exact) mass is 299 g/mol. The molecule has 1 aromatic carbocycles. The van der Waals surface area contributed by atoms with Crippen LogP contribution in [0.15, 0.2) is 48.8 Å².